The fraction of sp³-hybridized carbons (Fsp3) is 0.429. The fourth-order valence-electron chi connectivity index (χ4n) is 3.39. The first-order valence-electron chi connectivity index (χ1n) is 9.67. The molecule has 1 fully saturated rings. The third-order valence-corrected chi connectivity index (χ3v) is 8.04. The summed E-state index contributed by atoms with van der Waals surface area (Å²) in [5.41, 5.74) is 0.991. The highest BCUT2D eigenvalue weighted by atomic mass is 32.2. The Morgan fingerprint density at radius 3 is 2.33 bits per heavy atom. The predicted molar refractivity (Wildman–Crippen MR) is 116 cm³/mol. The van der Waals surface area contributed by atoms with Crippen molar-refractivity contribution in [3.8, 4) is 6.07 Å². The molecule has 1 amide bonds. The number of aliphatic hydroxyl groups is 1. The minimum Gasteiger partial charge on any atom is -0.374 e. The van der Waals surface area contributed by atoms with Crippen molar-refractivity contribution in [3.63, 3.8) is 0 Å². The van der Waals surface area contributed by atoms with Crippen LogP contribution in [0, 0.1) is 17.2 Å². The number of carbonyl (C=O) groups excluding carboxylic acids is 1. The molecule has 0 aliphatic heterocycles. The summed E-state index contributed by atoms with van der Waals surface area (Å²) in [7, 11) is -3.90. The second-order valence-electron chi connectivity index (χ2n) is 8.16. The third-order valence-electron chi connectivity index (χ3n) is 5.14. The number of rotatable bonds is 7. The van der Waals surface area contributed by atoms with Gasteiger partial charge in [-0.3, -0.25) is 4.79 Å². The second-order valence-corrected chi connectivity index (χ2v) is 11.0. The number of nitrogens with one attached hydrogen (secondary N) is 2. The molecule has 1 aliphatic carbocycles. The molecule has 0 bridgehead atoms. The second kappa shape index (κ2) is 8.12. The maximum atomic E-state index is 12.9. The number of amides is 1. The van der Waals surface area contributed by atoms with Gasteiger partial charge in [-0.2, -0.15) is 9.98 Å². The first-order valence-corrected chi connectivity index (χ1v) is 12.0. The maximum Gasteiger partial charge on any atom is 0.252 e. The number of nitrogens with zero attached hydrogens (tertiary/aromatic N) is 1. The van der Waals surface area contributed by atoms with E-state index in [9.17, 15) is 23.6 Å². The van der Waals surface area contributed by atoms with Gasteiger partial charge < -0.3 is 10.4 Å². The third kappa shape index (κ3) is 4.42. The van der Waals surface area contributed by atoms with Gasteiger partial charge in [0.25, 0.3) is 10.0 Å². The quantitative estimate of drug-likeness (QED) is 0.561. The Hall–Kier alpha value is -2.25. The number of anilines is 1. The van der Waals surface area contributed by atoms with Crippen molar-refractivity contribution < 1.29 is 18.3 Å². The maximum absolute atomic E-state index is 12.9. The van der Waals surface area contributed by atoms with Crippen molar-refractivity contribution >= 4 is 33.0 Å². The van der Waals surface area contributed by atoms with Crippen molar-refractivity contribution in [2.75, 3.05) is 5.32 Å². The lowest BCUT2D eigenvalue weighted by molar-refractivity contribution is -0.118. The zero-order valence-corrected chi connectivity index (χ0v) is 18.9. The molecule has 0 spiro atoms. The van der Waals surface area contributed by atoms with E-state index >= 15 is 0 Å². The van der Waals surface area contributed by atoms with Crippen LogP contribution >= 0.6 is 11.3 Å². The van der Waals surface area contributed by atoms with Crippen LogP contribution in [0.15, 0.2) is 33.9 Å². The predicted octanol–water partition coefficient (Wildman–Crippen LogP) is 3.49. The van der Waals surface area contributed by atoms with E-state index in [1.807, 2.05) is 27.7 Å². The first-order chi connectivity index (χ1) is 14.0. The fourth-order valence-corrected chi connectivity index (χ4v) is 5.69. The molecule has 9 heteroatoms. The van der Waals surface area contributed by atoms with Gasteiger partial charge in [0.15, 0.2) is 0 Å². The summed E-state index contributed by atoms with van der Waals surface area (Å²) < 4.78 is 27.2. The molecule has 1 aromatic heterocycles. The zero-order valence-electron chi connectivity index (χ0n) is 17.3. The van der Waals surface area contributed by atoms with Gasteiger partial charge >= 0.3 is 0 Å². The van der Waals surface area contributed by atoms with E-state index in [1.165, 1.54) is 6.07 Å². The first kappa shape index (κ1) is 22.4. The minimum absolute atomic E-state index is 0.00621. The van der Waals surface area contributed by atoms with Gasteiger partial charge in [0.2, 0.25) is 5.91 Å². The van der Waals surface area contributed by atoms with Crippen LogP contribution in [0.5, 0.6) is 0 Å². The van der Waals surface area contributed by atoms with Gasteiger partial charge in [-0.05, 0) is 46.5 Å². The molecule has 7 nitrogen and oxygen atoms in total. The van der Waals surface area contributed by atoms with E-state index in [0.717, 1.165) is 22.5 Å². The summed E-state index contributed by atoms with van der Waals surface area (Å²) in [6, 6.07) is 8.71. The van der Waals surface area contributed by atoms with Crippen LogP contribution in [0.3, 0.4) is 0 Å². The van der Waals surface area contributed by atoms with Gasteiger partial charge in [-0.1, -0.05) is 33.8 Å². The lowest BCUT2D eigenvalue weighted by Gasteiger charge is -2.21. The lowest BCUT2D eigenvalue weighted by atomic mass is 9.90. The van der Waals surface area contributed by atoms with Crippen molar-refractivity contribution in [3.05, 3.63) is 46.3 Å². The number of thiophene rings is 1. The Morgan fingerprint density at radius 1 is 1.27 bits per heavy atom. The standard InChI is InChI=1S/C21H25N3O4S2/c1-12(2)15-8-14(11-22)9-16(13(3)4)19(15)23-20(25)17-10-21(17,26)24-30(27,28)18-6-5-7-29-18/h5-9,12-13,17,24,26H,10H2,1-4H3,(H,23,25). The Bertz CT molecular complexity index is 1070. The summed E-state index contributed by atoms with van der Waals surface area (Å²) in [4.78, 5) is 12.9. The molecule has 1 aliphatic rings. The molecular weight excluding hydrogens is 422 g/mol. The molecule has 2 unspecified atom stereocenters. The summed E-state index contributed by atoms with van der Waals surface area (Å²) >= 11 is 1.04. The average Bonchev–Trinajstić information content (AvgIpc) is 3.07. The number of hydrogen-bond donors (Lipinski definition) is 3. The van der Waals surface area contributed by atoms with Gasteiger partial charge in [0, 0.05) is 12.1 Å². The van der Waals surface area contributed by atoms with E-state index in [1.54, 1.807) is 23.6 Å². The zero-order chi connectivity index (χ0) is 22.3. The highest BCUT2D eigenvalue weighted by Gasteiger charge is 2.60. The number of hydrogen-bond acceptors (Lipinski definition) is 6. The molecule has 3 N–H and O–H groups in total. The molecule has 160 valence electrons. The number of sulfonamides is 1. The largest absolute Gasteiger partial charge is 0.374 e. The molecule has 1 aromatic carbocycles. The van der Waals surface area contributed by atoms with E-state index in [0.29, 0.717) is 11.3 Å². The van der Waals surface area contributed by atoms with E-state index in [2.05, 4.69) is 16.1 Å². The molecule has 1 heterocycles. The Kier molecular flexibility index (Phi) is 6.07. The summed E-state index contributed by atoms with van der Waals surface area (Å²) in [6.45, 7) is 7.88. The van der Waals surface area contributed by atoms with Gasteiger partial charge in [0.1, 0.15) is 9.93 Å². The normalized spacial score (nSPS) is 20.9. The van der Waals surface area contributed by atoms with Crippen molar-refractivity contribution in [2.45, 2.75) is 55.9 Å². The van der Waals surface area contributed by atoms with Crippen LogP contribution in [0.25, 0.3) is 0 Å². The molecule has 0 radical (unpaired) electrons. The molecule has 2 aromatic rings. The van der Waals surface area contributed by atoms with Gasteiger partial charge in [0.05, 0.1) is 17.6 Å². The van der Waals surface area contributed by atoms with Gasteiger partial charge in [-0.15, -0.1) is 11.3 Å². The Labute approximate surface area is 180 Å². The minimum atomic E-state index is -3.90. The van der Waals surface area contributed by atoms with E-state index < -0.39 is 27.6 Å². The van der Waals surface area contributed by atoms with Crippen LogP contribution in [-0.4, -0.2) is 25.2 Å². The molecule has 2 atom stereocenters. The van der Waals surface area contributed by atoms with Crippen molar-refractivity contribution in [1.29, 1.82) is 5.26 Å². The monoisotopic (exact) mass is 447 g/mol. The average molecular weight is 448 g/mol. The number of nitriles is 1. The molecule has 0 saturated heterocycles. The molecule has 3 rings (SSSR count). The van der Waals surface area contributed by atoms with E-state index in [4.69, 9.17) is 0 Å². The Morgan fingerprint density at radius 2 is 1.87 bits per heavy atom. The van der Waals surface area contributed by atoms with Crippen LogP contribution in [-0.2, 0) is 14.8 Å². The smallest absolute Gasteiger partial charge is 0.252 e. The molecule has 30 heavy (non-hydrogen) atoms. The lowest BCUT2D eigenvalue weighted by Crippen LogP contribution is -2.40. The van der Waals surface area contributed by atoms with Crippen LogP contribution in [0.4, 0.5) is 5.69 Å². The summed E-state index contributed by atoms with van der Waals surface area (Å²) in [6.07, 6.45) is -0.00621. The van der Waals surface area contributed by atoms with Crippen LogP contribution in [0.1, 0.15) is 62.6 Å². The summed E-state index contributed by atoms with van der Waals surface area (Å²) in [5.74, 6) is -1.24. The van der Waals surface area contributed by atoms with Crippen LogP contribution < -0.4 is 10.0 Å². The number of carbonyl (C=O) groups is 1. The van der Waals surface area contributed by atoms with Gasteiger partial charge in [-0.25, -0.2) is 8.42 Å². The van der Waals surface area contributed by atoms with E-state index in [-0.39, 0.29) is 22.5 Å². The highest BCUT2D eigenvalue weighted by molar-refractivity contribution is 7.91. The highest BCUT2D eigenvalue weighted by Crippen LogP contribution is 2.44. The Balaban J connectivity index is 1.84. The van der Waals surface area contributed by atoms with Crippen LogP contribution in [0.2, 0.25) is 0 Å². The SMILES string of the molecule is CC(C)c1cc(C#N)cc(C(C)C)c1NC(=O)C1CC1(O)NS(=O)(=O)c1cccs1. The topological polar surface area (TPSA) is 119 Å². The molecular formula is C21H25N3O4S2. The number of benzene rings is 1. The molecule has 1 saturated carbocycles. The van der Waals surface area contributed by atoms with Crippen molar-refractivity contribution in [2.24, 2.45) is 5.92 Å². The van der Waals surface area contributed by atoms with Crippen molar-refractivity contribution in [1.82, 2.24) is 4.72 Å². The summed E-state index contributed by atoms with van der Waals surface area (Å²) in [5, 5.41) is 24.5.